The third-order valence-electron chi connectivity index (χ3n) is 9.57. The molecule has 8 aromatic rings. The highest BCUT2D eigenvalue weighted by Gasteiger charge is 2.48. The summed E-state index contributed by atoms with van der Waals surface area (Å²) in [7, 11) is -2.69. The van der Waals surface area contributed by atoms with Crippen molar-refractivity contribution in [3.05, 3.63) is 194 Å². The van der Waals surface area contributed by atoms with Gasteiger partial charge in [-0.3, -0.25) is 0 Å². The van der Waals surface area contributed by atoms with E-state index in [1.165, 1.54) is 32.1 Å². The Morgan fingerprint density at radius 1 is 0.340 bits per heavy atom. The fourth-order valence-electron chi connectivity index (χ4n) is 7.41. The molecule has 0 saturated carbocycles. The molecule has 0 saturated heterocycles. The number of fused-ring (bicyclic) bond motifs is 2. The summed E-state index contributed by atoms with van der Waals surface area (Å²) >= 11 is 0. The number of anilines is 3. The van der Waals surface area contributed by atoms with E-state index in [2.05, 4.69) is 138 Å². The maximum atomic E-state index is 5.04. The molecule has 0 bridgehead atoms. The lowest BCUT2D eigenvalue weighted by molar-refractivity contribution is 1.07. The Kier molecular flexibility index (Phi) is 7.45. The van der Waals surface area contributed by atoms with Crippen LogP contribution in [0.25, 0.3) is 34.2 Å². The summed E-state index contributed by atoms with van der Waals surface area (Å²) in [5, 5.41) is 5.46. The average molecular weight is 657 g/mol. The monoisotopic (exact) mass is 656 g/mol. The molecule has 2 heterocycles. The molecular weight excluding hydrogens is 625 g/mol. The summed E-state index contributed by atoms with van der Waals surface area (Å²) in [4.78, 5) is 17.4. The van der Waals surface area contributed by atoms with Crippen LogP contribution in [0.4, 0.5) is 17.1 Å². The zero-order chi connectivity index (χ0) is 33.3. The molecule has 1 aromatic heterocycles. The molecule has 5 heteroatoms. The molecule has 0 unspecified atom stereocenters. The molecule has 1 aliphatic heterocycles. The maximum Gasteiger partial charge on any atom is 0.184 e. The average Bonchev–Trinajstić information content (AvgIpc) is 3.21. The van der Waals surface area contributed by atoms with Crippen LogP contribution in [0, 0.1) is 0 Å². The van der Waals surface area contributed by atoms with Crippen LogP contribution in [-0.4, -0.2) is 23.0 Å². The molecule has 0 N–H and O–H groups in total. The van der Waals surface area contributed by atoms with Gasteiger partial charge in [0.25, 0.3) is 0 Å². The molecule has 9 rings (SSSR count). The van der Waals surface area contributed by atoms with Gasteiger partial charge in [0.15, 0.2) is 25.5 Å². The summed E-state index contributed by atoms with van der Waals surface area (Å²) in [6.45, 7) is 0. The van der Waals surface area contributed by atoms with Crippen LogP contribution >= 0.6 is 0 Å². The Labute approximate surface area is 293 Å². The predicted molar refractivity (Wildman–Crippen MR) is 208 cm³/mol. The van der Waals surface area contributed by atoms with Gasteiger partial charge in [-0.2, -0.15) is 0 Å². The number of hydrogen-bond acceptors (Lipinski definition) is 4. The van der Waals surface area contributed by atoms with Crippen LogP contribution < -0.4 is 25.6 Å². The van der Waals surface area contributed by atoms with Gasteiger partial charge in [-0.25, -0.2) is 15.0 Å². The Hall–Kier alpha value is -6.43. The lowest BCUT2D eigenvalue weighted by atomic mass is 10.1. The zero-order valence-electron chi connectivity index (χ0n) is 27.3. The van der Waals surface area contributed by atoms with Gasteiger partial charge in [-0.15, -0.1) is 0 Å². The molecule has 50 heavy (non-hydrogen) atoms. The van der Waals surface area contributed by atoms with Crippen LogP contribution in [0.15, 0.2) is 194 Å². The van der Waals surface area contributed by atoms with Crippen LogP contribution in [-0.2, 0) is 0 Å². The minimum atomic E-state index is -2.69. The maximum absolute atomic E-state index is 5.04. The van der Waals surface area contributed by atoms with Crippen molar-refractivity contribution in [1.29, 1.82) is 0 Å². The summed E-state index contributed by atoms with van der Waals surface area (Å²) in [6, 6.07) is 69.0. The summed E-state index contributed by atoms with van der Waals surface area (Å²) < 4.78 is 0. The third-order valence-corrected chi connectivity index (χ3v) is 14.4. The van der Waals surface area contributed by atoms with E-state index in [0.29, 0.717) is 17.5 Å². The molecule has 0 amide bonds. The van der Waals surface area contributed by atoms with E-state index in [9.17, 15) is 0 Å². The smallest absolute Gasteiger partial charge is 0.184 e. The molecule has 0 fully saturated rings. The number of nitrogens with zero attached hydrogens (tertiary/aromatic N) is 4. The van der Waals surface area contributed by atoms with E-state index in [-0.39, 0.29) is 0 Å². The first-order valence-electron chi connectivity index (χ1n) is 16.9. The first kappa shape index (κ1) is 29.7. The second-order valence-electron chi connectivity index (χ2n) is 12.4. The summed E-state index contributed by atoms with van der Waals surface area (Å²) in [5.41, 5.74) is 6.25. The van der Waals surface area contributed by atoms with E-state index in [1.807, 2.05) is 60.7 Å². The van der Waals surface area contributed by atoms with Crippen LogP contribution in [0.5, 0.6) is 0 Å². The highest BCUT2D eigenvalue weighted by atomic mass is 28.3. The van der Waals surface area contributed by atoms with E-state index >= 15 is 0 Å². The number of rotatable bonds is 6. The molecule has 4 nitrogen and oxygen atoms in total. The van der Waals surface area contributed by atoms with Gasteiger partial charge in [-0.05, 0) is 45.0 Å². The SMILES string of the molecule is c1ccc(-c2nc(-c3ccccc3)nc(-c3cccc(N4c5ccccc5[Si](c5ccccc5)(c5ccccc5)c5ccccc54)c3)n2)cc1. The van der Waals surface area contributed by atoms with Gasteiger partial charge in [0.1, 0.15) is 0 Å². The fourth-order valence-corrected chi connectivity index (χ4v) is 12.5. The predicted octanol–water partition coefficient (Wildman–Crippen LogP) is 8.03. The molecule has 1 aliphatic rings. The van der Waals surface area contributed by atoms with Crippen LogP contribution in [0.1, 0.15) is 0 Å². The largest absolute Gasteiger partial charge is 0.311 e. The molecule has 0 atom stereocenters. The van der Waals surface area contributed by atoms with Crippen molar-refractivity contribution < 1.29 is 0 Å². The van der Waals surface area contributed by atoms with Gasteiger partial charge in [0, 0.05) is 33.8 Å². The first-order valence-corrected chi connectivity index (χ1v) is 18.9. The fraction of sp³-hybridized carbons (Fsp3) is 0. The second kappa shape index (κ2) is 12.5. The summed E-state index contributed by atoms with van der Waals surface area (Å²) in [5.74, 6) is 1.93. The normalized spacial score (nSPS) is 12.9. The van der Waals surface area contributed by atoms with E-state index in [4.69, 9.17) is 15.0 Å². The molecule has 0 radical (unpaired) electrons. The van der Waals surface area contributed by atoms with E-state index in [1.54, 1.807) is 0 Å². The lowest BCUT2D eigenvalue weighted by Gasteiger charge is -2.45. The van der Waals surface area contributed by atoms with Gasteiger partial charge in [-0.1, -0.05) is 170 Å². The lowest BCUT2D eigenvalue weighted by Crippen LogP contribution is -2.77. The van der Waals surface area contributed by atoms with Crippen molar-refractivity contribution in [3.8, 4) is 34.2 Å². The van der Waals surface area contributed by atoms with Gasteiger partial charge in [0.2, 0.25) is 0 Å². The standard InChI is InChI=1S/C45H32N4Si/c1-5-18-33(19-6-1)43-46-44(34-20-7-2-8-21-34)48-45(47-43)35-22-17-23-36(32-35)49-39-28-13-15-30-41(39)50(37-24-9-3-10-25-37,38-26-11-4-12-27-38)42-31-16-14-29-40(42)49/h1-32H. The molecule has 236 valence electrons. The molecule has 0 spiro atoms. The van der Waals surface area contributed by atoms with Crippen LogP contribution in [0.2, 0.25) is 0 Å². The van der Waals surface area contributed by atoms with Gasteiger partial charge < -0.3 is 4.90 Å². The minimum absolute atomic E-state index is 0.635. The van der Waals surface area contributed by atoms with E-state index < -0.39 is 8.07 Å². The zero-order valence-corrected chi connectivity index (χ0v) is 28.3. The Morgan fingerprint density at radius 3 is 1.20 bits per heavy atom. The quantitative estimate of drug-likeness (QED) is 0.170. The van der Waals surface area contributed by atoms with Gasteiger partial charge in [0.05, 0.1) is 0 Å². The molecule has 0 aliphatic carbocycles. The third kappa shape index (κ3) is 4.95. The number of hydrogen-bond donors (Lipinski definition) is 0. The topological polar surface area (TPSA) is 41.9 Å². The highest BCUT2D eigenvalue weighted by Crippen LogP contribution is 2.39. The first-order chi connectivity index (χ1) is 24.8. The summed E-state index contributed by atoms with van der Waals surface area (Å²) in [6.07, 6.45) is 0. The van der Waals surface area contributed by atoms with Crippen molar-refractivity contribution in [2.45, 2.75) is 0 Å². The van der Waals surface area contributed by atoms with Crippen molar-refractivity contribution in [2.75, 3.05) is 4.90 Å². The highest BCUT2D eigenvalue weighted by molar-refractivity contribution is 7.21. The second-order valence-corrected chi connectivity index (χ2v) is 16.2. The van der Waals surface area contributed by atoms with Crippen LogP contribution in [0.3, 0.4) is 0 Å². The number of para-hydroxylation sites is 2. The molecule has 7 aromatic carbocycles. The number of benzene rings is 7. The molecular formula is C45H32N4Si. The minimum Gasteiger partial charge on any atom is -0.311 e. The van der Waals surface area contributed by atoms with Crippen molar-refractivity contribution >= 4 is 45.9 Å². The van der Waals surface area contributed by atoms with Crippen molar-refractivity contribution in [1.82, 2.24) is 15.0 Å². The van der Waals surface area contributed by atoms with Crippen molar-refractivity contribution in [2.24, 2.45) is 0 Å². The Morgan fingerprint density at radius 2 is 0.720 bits per heavy atom. The Bertz CT molecular complexity index is 2290. The van der Waals surface area contributed by atoms with E-state index in [0.717, 1.165) is 22.4 Å². The van der Waals surface area contributed by atoms with Crippen molar-refractivity contribution in [3.63, 3.8) is 0 Å². The Balaban J connectivity index is 1.26. The van der Waals surface area contributed by atoms with Gasteiger partial charge >= 0.3 is 0 Å². The number of aromatic nitrogens is 3.